The summed E-state index contributed by atoms with van der Waals surface area (Å²) >= 11 is 7.53. The third-order valence-corrected chi connectivity index (χ3v) is 3.46. The van der Waals surface area contributed by atoms with E-state index in [0.717, 1.165) is 21.3 Å². The molecule has 0 aliphatic rings. The van der Waals surface area contributed by atoms with Crippen LogP contribution in [0, 0.1) is 13.8 Å². The van der Waals surface area contributed by atoms with E-state index in [0.29, 0.717) is 5.15 Å². The molecular formula is C11H10ClN3S. The van der Waals surface area contributed by atoms with E-state index < -0.39 is 0 Å². The van der Waals surface area contributed by atoms with Crippen molar-refractivity contribution >= 4 is 23.4 Å². The Morgan fingerprint density at radius 3 is 2.38 bits per heavy atom. The minimum Gasteiger partial charge on any atom is -0.265 e. The van der Waals surface area contributed by atoms with Gasteiger partial charge in [0.15, 0.2) is 5.15 Å². The van der Waals surface area contributed by atoms with Crippen molar-refractivity contribution in [2.24, 2.45) is 0 Å². The Morgan fingerprint density at radius 1 is 1.06 bits per heavy atom. The predicted molar refractivity (Wildman–Crippen MR) is 64.9 cm³/mol. The maximum absolute atomic E-state index is 6.04. The zero-order chi connectivity index (χ0) is 11.5. The molecule has 0 unspecified atom stereocenters. The molecule has 0 saturated carbocycles. The number of hydrogen-bond donors (Lipinski definition) is 0. The van der Waals surface area contributed by atoms with E-state index in [1.165, 1.54) is 11.8 Å². The Labute approximate surface area is 103 Å². The first-order valence-corrected chi connectivity index (χ1v) is 5.95. The number of halogens is 1. The third kappa shape index (κ3) is 2.51. The number of hydrogen-bond acceptors (Lipinski definition) is 4. The average Bonchev–Trinajstić information content (AvgIpc) is 2.27. The van der Waals surface area contributed by atoms with Crippen LogP contribution < -0.4 is 0 Å². The van der Waals surface area contributed by atoms with Crippen molar-refractivity contribution < 1.29 is 0 Å². The first kappa shape index (κ1) is 11.4. The molecule has 0 N–H and O–H groups in total. The van der Waals surface area contributed by atoms with Crippen LogP contribution in [0.2, 0.25) is 5.15 Å². The smallest absolute Gasteiger partial charge is 0.161 e. The molecule has 0 bridgehead atoms. The van der Waals surface area contributed by atoms with E-state index in [4.69, 9.17) is 11.6 Å². The Bertz CT molecular complexity index is 502. The first-order valence-electron chi connectivity index (χ1n) is 4.75. The Morgan fingerprint density at radius 2 is 1.69 bits per heavy atom. The zero-order valence-electron chi connectivity index (χ0n) is 8.94. The van der Waals surface area contributed by atoms with E-state index in [-0.39, 0.29) is 0 Å². The topological polar surface area (TPSA) is 38.7 Å². The lowest BCUT2D eigenvalue weighted by atomic mass is 10.4. The summed E-state index contributed by atoms with van der Waals surface area (Å²) in [4.78, 5) is 13.7. The highest BCUT2D eigenvalue weighted by atomic mass is 35.5. The molecule has 16 heavy (non-hydrogen) atoms. The molecule has 0 radical (unpaired) electrons. The van der Waals surface area contributed by atoms with Gasteiger partial charge in [-0.3, -0.25) is 4.98 Å². The van der Waals surface area contributed by atoms with Crippen molar-refractivity contribution in [1.29, 1.82) is 0 Å². The van der Waals surface area contributed by atoms with Crippen molar-refractivity contribution in [2.75, 3.05) is 0 Å². The van der Waals surface area contributed by atoms with Crippen LogP contribution in [-0.2, 0) is 0 Å². The van der Waals surface area contributed by atoms with Gasteiger partial charge in [0.25, 0.3) is 0 Å². The molecule has 2 rings (SSSR count). The molecule has 0 spiro atoms. The highest BCUT2D eigenvalue weighted by Gasteiger charge is 2.08. The van der Waals surface area contributed by atoms with Crippen LogP contribution in [0.3, 0.4) is 0 Å². The zero-order valence-corrected chi connectivity index (χ0v) is 10.5. The molecule has 0 aromatic carbocycles. The van der Waals surface area contributed by atoms with Gasteiger partial charge in [-0.2, -0.15) is 0 Å². The number of aromatic nitrogens is 3. The van der Waals surface area contributed by atoms with Gasteiger partial charge in [0.05, 0.1) is 11.4 Å². The SMILES string of the molecule is Cc1nc(Cl)c(Sc2ccncc2)nc1C. The largest absolute Gasteiger partial charge is 0.265 e. The Hall–Kier alpha value is -1.13. The lowest BCUT2D eigenvalue weighted by Gasteiger charge is -2.05. The molecule has 0 aliphatic carbocycles. The van der Waals surface area contributed by atoms with Gasteiger partial charge in [-0.1, -0.05) is 23.4 Å². The molecule has 0 aliphatic heterocycles. The second-order valence-corrected chi connectivity index (χ2v) is 4.70. The fraction of sp³-hybridized carbons (Fsp3) is 0.182. The van der Waals surface area contributed by atoms with Crippen LogP contribution in [0.15, 0.2) is 34.4 Å². The number of aryl methyl sites for hydroxylation is 2. The molecule has 3 nitrogen and oxygen atoms in total. The van der Waals surface area contributed by atoms with E-state index in [2.05, 4.69) is 15.0 Å². The molecule has 0 saturated heterocycles. The highest BCUT2D eigenvalue weighted by molar-refractivity contribution is 7.99. The monoisotopic (exact) mass is 251 g/mol. The van der Waals surface area contributed by atoms with E-state index >= 15 is 0 Å². The second-order valence-electron chi connectivity index (χ2n) is 3.28. The normalized spacial score (nSPS) is 10.4. The summed E-state index contributed by atoms with van der Waals surface area (Å²) in [5.74, 6) is 0. The van der Waals surface area contributed by atoms with Gasteiger partial charge in [0, 0.05) is 17.3 Å². The summed E-state index contributed by atoms with van der Waals surface area (Å²) in [6.07, 6.45) is 3.48. The average molecular weight is 252 g/mol. The maximum Gasteiger partial charge on any atom is 0.161 e. The summed E-state index contributed by atoms with van der Waals surface area (Å²) < 4.78 is 0. The molecule has 82 valence electrons. The standard InChI is InChI=1S/C11H10ClN3S/c1-7-8(2)15-11(10(12)14-7)16-9-3-5-13-6-4-9/h3-6H,1-2H3. The molecule has 2 aromatic rings. The van der Waals surface area contributed by atoms with Crippen LogP contribution in [0.5, 0.6) is 0 Å². The molecule has 0 fully saturated rings. The van der Waals surface area contributed by atoms with E-state index in [1.807, 2.05) is 26.0 Å². The molecule has 2 aromatic heterocycles. The van der Waals surface area contributed by atoms with Crippen molar-refractivity contribution in [3.63, 3.8) is 0 Å². The summed E-state index contributed by atoms with van der Waals surface area (Å²) in [7, 11) is 0. The minimum atomic E-state index is 0.449. The number of pyridine rings is 1. The molecule has 0 amide bonds. The summed E-state index contributed by atoms with van der Waals surface area (Å²) in [6, 6.07) is 3.83. The molecule has 2 heterocycles. The third-order valence-electron chi connectivity index (χ3n) is 2.10. The van der Waals surface area contributed by atoms with Crippen LogP contribution >= 0.6 is 23.4 Å². The van der Waals surface area contributed by atoms with Gasteiger partial charge in [0.1, 0.15) is 5.03 Å². The fourth-order valence-corrected chi connectivity index (χ4v) is 2.22. The van der Waals surface area contributed by atoms with E-state index in [1.54, 1.807) is 12.4 Å². The van der Waals surface area contributed by atoms with Crippen LogP contribution in [0.4, 0.5) is 0 Å². The number of rotatable bonds is 2. The summed E-state index contributed by atoms with van der Waals surface area (Å²) in [5.41, 5.74) is 1.77. The van der Waals surface area contributed by atoms with Gasteiger partial charge >= 0.3 is 0 Å². The first-order chi connectivity index (χ1) is 7.66. The van der Waals surface area contributed by atoms with Gasteiger partial charge in [-0.05, 0) is 26.0 Å². The van der Waals surface area contributed by atoms with Crippen molar-refractivity contribution in [1.82, 2.24) is 15.0 Å². The summed E-state index contributed by atoms with van der Waals surface area (Å²) in [6.45, 7) is 3.82. The second kappa shape index (κ2) is 4.80. The van der Waals surface area contributed by atoms with Crippen molar-refractivity contribution in [2.45, 2.75) is 23.8 Å². The number of nitrogens with zero attached hydrogens (tertiary/aromatic N) is 3. The van der Waals surface area contributed by atoms with Crippen molar-refractivity contribution in [3.8, 4) is 0 Å². The molecule has 0 atom stereocenters. The van der Waals surface area contributed by atoms with E-state index in [9.17, 15) is 0 Å². The quantitative estimate of drug-likeness (QED) is 0.821. The fourth-order valence-electron chi connectivity index (χ4n) is 1.14. The predicted octanol–water partition coefficient (Wildman–Crippen LogP) is 3.29. The molecular weight excluding hydrogens is 242 g/mol. The van der Waals surface area contributed by atoms with Gasteiger partial charge in [-0.25, -0.2) is 9.97 Å². The minimum absolute atomic E-state index is 0.449. The van der Waals surface area contributed by atoms with Crippen molar-refractivity contribution in [3.05, 3.63) is 41.1 Å². The van der Waals surface area contributed by atoms with Gasteiger partial charge < -0.3 is 0 Å². The van der Waals surface area contributed by atoms with Crippen LogP contribution in [0.25, 0.3) is 0 Å². The van der Waals surface area contributed by atoms with Crippen LogP contribution in [-0.4, -0.2) is 15.0 Å². The molecule has 5 heteroatoms. The Balaban J connectivity index is 2.32. The summed E-state index contributed by atoms with van der Waals surface area (Å²) in [5, 5.41) is 1.18. The lowest BCUT2D eigenvalue weighted by Crippen LogP contribution is -1.95. The van der Waals surface area contributed by atoms with Gasteiger partial charge in [0.2, 0.25) is 0 Å². The Kier molecular flexibility index (Phi) is 3.41. The highest BCUT2D eigenvalue weighted by Crippen LogP contribution is 2.30. The maximum atomic E-state index is 6.04. The van der Waals surface area contributed by atoms with Gasteiger partial charge in [-0.15, -0.1) is 0 Å². The lowest BCUT2D eigenvalue weighted by molar-refractivity contribution is 0.957. The van der Waals surface area contributed by atoms with Crippen LogP contribution in [0.1, 0.15) is 11.4 Å².